The fraction of sp³-hybridized carbons (Fsp3) is 0.217. The first-order valence-electron chi connectivity index (χ1n) is 9.17. The van der Waals surface area contributed by atoms with Crippen molar-refractivity contribution in [3.8, 4) is 17.2 Å². The first-order chi connectivity index (χ1) is 14.1. The van der Waals surface area contributed by atoms with Gasteiger partial charge in [-0.25, -0.2) is 0 Å². The molecule has 0 aliphatic carbocycles. The SMILES string of the molecule is COc1ccccc1CNCc1cccc(OC)c1OCc1ccc(Cl)c(Cl)c1. The maximum absolute atomic E-state index is 6.10. The van der Waals surface area contributed by atoms with Gasteiger partial charge in [-0.3, -0.25) is 0 Å². The number of para-hydroxylation sites is 2. The van der Waals surface area contributed by atoms with Crippen LogP contribution in [0.15, 0.2) is 60.7 Å². The van der Waals surface area contributed by atoms with E-state index in [1.54, 1.807) is 26.4 Å². The Kier molecular flexibility index (Phi) is 7.64. The molecule has 3 aromatic carbocycles. The van der Waals surface area contributed by atoms with Crippen LogP contribution < -0.4 is 19.5 Å². The Bertz CT molecular complexity index is 963. The highest BCUT2D eigenvalue weighted by Crippen LogP contribution is 2.32. The van der Waals surface area contributed by atoms with Gasteiger partial charge in [0, 0.05) is 24.2 Å². The minimum absolute atomic E-state index is 0.358. The molecule has 29 heavy (non-hydrogen) atoms. The van der Waals surface area contributed by atoms with Gasteiger partial charge < -0.3 is 19.5 Å². The van der Waals surface area contributed by atoms with Crippen LogP contribution in [-0.4, -0.2) is 14.2 Å². The quantitative estimate of drug-likeness (QED) is 0.459. The average molecular weight is 432 g/mol. The summed E-state index contributed by atoms with van der Waals surface area (Å²) in [5.74, 6) is 2.25. The standard InChI is InChI=1S/C23H23Cl2NO3/c1-27-21-8-4-3-6-17(21)13-26-14-18-7-5-9-22(28-2)23(18)29-15-16-10-11-19(24)20(25)12-16/h3-12,26H,13-15H2,1-2H3. The van der Waals surface area contributed by atoms with E-state index in [1.807, 2.05) is 48.5 Å². The first kappa shape index (κ1) is 21.3. The molecule has 3 aromatic rings. The topological polar surface area (TPSA) is 39.7 Å². The molecular formula is C23H23Cl2NO3. The van der Waals surface area contributed by atoms with Crippen LogP contribution in [0.1, 0.15) is 16.7 Å². The van der Waals surface area contributed by atoms with Gasteiger partial charge in [-0.1, -0.05) is 59.6 Å². The number of hydrogen-bond donors (Lipinski definition) is 1. The zero-order chi connectivity index (χ0) is 20.6. The van der Waals surface area contributed by atoms with E-state index >= 15 is 0 Å². The highest BCUT2D eigenvalue weighted by atomic mass is 35.5. The molecule has 152 valence electrons. The number of methoxy groups -OCH3 is 2. The summed E-state index contributed by atoms with van der Waals surface area (Å²) in [7, 11) is 3.31. The van der Waals surface area contributed by atoms with Crippen molar-refractivity contribution in [1.82, 2.24) is 5.32 Å². The molecule has 0 amide bonds. The molecule has 6 heteroatoms. The monoisotopic (exact) mass is 431 g/mol. The molecule has 0 aliphatic rings. The molecule has 0 unspecified atom stereocenters. The van der Waals surface area contributed by atoms with Crippen molar-refractivity contribution in [3.63, 3.8) is 0 Å². The van der Waals surface area contributed by atoms with E-state index in [2.05, 4.69) is 5.32 Å². The van der Waals surface area contributed by atoms with Crippen LogP contribution in [-0.2, 0) is 19.7 Å². The van der Waals surface area contributed by atoms with E-state index in [4.69, 9.17) is 37.4 Å². The number of hydrogen-bond acceptors (Lipinski definition) is 4. The molecule has 0 radical (unpaired) electrons. The van der Waals surface area contributed by atoms with Gasteiger partial charge in [0.15, 0.2) is 11.5 Å². The molecule has 0 spiro atoms. The lowest BCUT2D eigenvalue weighted by molar-refractivity contribution is 0.280. The molecule has 0 atom stereocenters. The van der Waals surface area contributed by atoms with E-state index in [0.29, 0.717) is 41.2 Å². The third-order valence-corrected chi connectivity index (χ3v) is 5.21. The molecule has 4 nitrogen and oxygen atoms in total. The van der Waals surface area contributed by atoms with Gasteiger partial charge in [-0.2, -0.15) is 0 Å². The molecular weight excluding hydrogens is 409 g/mol. The van der Waals surface area contributed by atoms with Crippen LogP contribution in [0.25, 0.3) is 0 Å². The predicted octanol–water partition coefficient (Wildman–Crippen LogP) is 5.88. The average Bonchev–Trinajstić information content (AvgIpc) is 2.75. The van der Waals surface area contributed by atoms with E-state index in [-0.39, 0.29) is 0 Å². The van der Waals surface area contributed by atoms with Crippen LogP contribution in [0.2, 0.25) is 10.0 Å². The molecule has 0 fully saturated rings. The summed E-state index contributed by atoms with van der Waals surface area (Å²) < 4.78 is 17.0. The molecule has 0 saturated heterocycles. The molecule has 0 aromatic heterocycles. The molecule has 1 N–H and O–H groups in total. The highest BCUT2D eigenvalue weighted by Gasteiger charge is 2.12. The van der Waals surface area contributed by atoms with E-state index in [1.165, 1.54) is 0 Å². The Labute approximate surface area is 181 Å². The lowest BCUT2D eigenvalue weighted by Gasteiger charge is -2.16. The Hall–Kier alpha value is -2.40. The van der Waals surface area contributed by atoms with Gasteiger partial charge in [0.25, 0.3) is 0 Å². The third kappa shape index (κ3) is 5.57. The zero-order valence-corrected chi connectivity index (χ0v) is 17.9. The zero-order valence-electron chi connectivity index (χ0n) is 16.4. The largest absolute Gasteiger partial charge is 0.496 e. The van der Waals surface area contributed by atoms with Crippen molar-refractivity contribution in [2.24, 2.45) is 0 Å². The van der Waals surface area contributed by atoms with Gasteiger partial charge in [-0.05, 0) is 29.8 Å². The Morgan fingerprint density at radius 1 is 0.759 bits per heavy atom. The minimum atomic E-state index is 0.358. The van der Waals surface area contributed by atoms with Crippen molar-refractivity contribution in [1.29, 1.82) is 0 Å². The normalized spacial score (nSPS) is 10.6. The number of rotatable bonds is 9. The molecule has 0 bridgehead atoms. The van der Waals surface area contributed by atoms with E-state index in [9.17, 15) is 0 Å². The smallest absolute Gasteiger partial charge is 0.166 e. The van der Waals surface area contributed by atoms with Gasteiger partial charge in [-0.15, -0.1) is 0 Å². The van der Waals surface area contributed by atoms with Crippen molar-refractivity contribution in [3.05, 3.63) is 87.4 Å². The summed E-state index contributed by atoms with van der Waals surface area (Å²) in [5, 5.41) is 4.47. The maximum Gasteiger partial charge on any atom is 0.166 e. The summed E-state index contributed by atoms with van der Waals surface area (Å²) in [6, 6.07) is 19.3. The lowest BCUT2D eigenvalue weighted by atomic mass is 10.1. The Balaban J connectivity index is 1.71. The van der Waals surface area contributed by atoms with E-state index in [0.717, 1.165) is 22.4 Å². The summed E-state index contributed by atoms with van der Waals surface area (Å²) >= 11 is 12.1. The maximum atomic E-state index is 6.10. The van der Waals surface area contributed by atoms with Crippen LogP contribution in [0.3, 0.4) is 0 Å². The third-order valence-electron chi connectivity index (χ3n) is 4.47. The molecule has 3 rings (SSSR count). The summed E-state index contributed by atoms with van der Waals surface area (Å²) in [6.45, 7) is 1.65. The highest BCUT2D eigenvalue weighted by molar-refractivity contribution is 6.42. The summed E-state index contributed by atoms with van der Waals surface area (Å²) in [5.41, 5.74) is 3.02. The number of ether oxygens (including phenoxy) is 3. The van der Waals surface area contributed by atoms with Crippen molar-refractivity contribution < 1.29 is 14.2 Å². The Morgan fingerprint density at radius 2 is 1.45 bits per heavy atom. The second kappa shape index (κ2) is 10.4. The van der Waals surface area contributed by atoms with Crippen molar-refractivity contribution in [2.75, 3.05) is 14.2 Å². The fourth-order valence-electron chi connectivity index (χ4n) is 2.99. The van der Waals surface area contributed by atoms with Crippen LogP contribution >= 0.6 is 23.2 Å². The number of halogens is 2. The second-order valence-electron chi connectivity index (χ2n) is 6.40. The number of benzene rings is 3. The van der Waals surface area contributed by atoms with Crippen LogP contribution in [0.4, 0.5) is 0 Å². The molecule has 0 saturated carbocycles. The minimum Gasteiger partial charge on any atom is -0.496 e. The lowest BCUT2D eigenvalue weighted by Crippen LogP contribution is -2.14. The fourth-order valence-corrected chi connectivity index (χ4v) is 3.31. The molecule has 0 heterocycles. The van der Waals surface area contributed by atoms with Gasteiger partial charge in [0.1, 0.15) is 12.4 Å². The second-order valence-corrected chi connectivity index (χ2v) is 7.22. The van der Waals surface area contributed by atoms with Gasteiger partial charge in [0.2, 0.25) is 0 Å². The summed E-state index contributed by atoms with van der Waals surface area (Å²) in [4.78, 5) is 0. The molecule has 0 aliphatic heterocycles. The van der Waals surface area contributed by atoms with Gasteiger partial charge in [0.05, 0.1) is 24.3 Å². The van der Waals surface area contributed by atoms with Crippen molar-refractivity contribution in [2.45, 2.75) is 19.7 Å². The summed E-state index contributed by atoms with van der Waals surface area (Å²) in [6.07, 6.45) is 0. The number of nitrogens with one attached hydrogen (secondary N) is 1. The predicted molar refractivity (Wildman–Crippen MR) is 117 cm³/mol. The first-order valence-corrected chi connectivity index (χ1v) is 9.93. The van der Waals surface area contributed by atoms with Gasteiger partial charge >= 0.3 is 0 Å². The van der Waals surface area contributed by atoms with E-state index < -0.39 is 0 Å². The van der Waals surface area contributed by atoms with Crippen LogP contribution in [0, 0.1) is 0 Å². The Morgan fingerprint density at radius 3 is 2.21 bits per heavy atom. The van der Waals surface area contributed by atoms with Crippen LogP contribution in [0.5, 0.6) is 17.2 Å². The van der Waals surface area contributed by atoms with Crippen molar-refractivity contribution >= 4 is 23.2 Å².